The normalized spacial score (nSPS) is 11.4. The number of hydrogen-bond donors (Lipinski definition) is 2. The molecule has 0 bridgehead atoms. The summed E-state index contributed by atoms with van der Waals surface area (Å²) >= 11 is 0. The number of aromatic nitrogens is 2. The molecule has 0 aliphatic heterocycles. The Morgan fingerprint density at radius 1 is 1.13 bits per heavy atom. The summed E-state index contributed by atoms with van der Waals surface area (Å²) in [6, 6.07) is 11.3. The van der Waals surface area contributed by atoms with Gasteiger partial charge in [-0.15, -0.1) is 0 Å². The quantitative estimate of drug-likeness (QED) is 0.585. The molecule has 0 unspecified atom stereocenters. The number of benzene rings is 1. The summed E-state index contributed by atoms with van der Waals surface area (Å²) in [5, 5.41) is 9.13. The van der Waals surface area contributed by atoms with Crippen LogP contribution in [0.3, 0.4) is 0 Å². The highest BCUT2D eigenvalue weighted by Gasteiger charge is 2.21. The van der Waals surface area contributed by atoms with Gasteiger partial charge in [0.2, 0.25) is 5.91 Å². The maximum atomic E-state index is 12.5. The van der Waals surface area contributed by atoms with Crippen LogP contribution in [0.4, 0.5) is 0 Å². The minimum atomic E-state index is -0.771. The number of pyridine rings is 1. The molecular weight excluding hydrogens is 388 g/mol. The maximum Gasteiger partial charge on any atom is 0.274 e. The number of amides is 2. The number of methoxy groups -OCH3 is 2. The molecule has 0 aliphatic carbocycles. The third-order valence-electron chi connectivity index (χ3n) is 4.33. The lowest BCUT2D eigenvalue weighted by molar-refractivity contribution is -0.122. The van der Waals surface area contributed by atoms with Crippen LogP contribution in [0, 0.1) is 0 Å². The first kappa shape index (κ1) is 20.8. The highest BCUT2D eigenvalue weighted by molar-refractivity contribution is 5.96. The van der Waals surface area contributed by atoms with E-state index in [9.17, 15) is 9.59 Å². The lowest BCUT2D eigenvalue weighted by atomic mass is 10.1. The third-order valence-corrected chi connectivity index (χ3v) is 4.33. The van der Waals surface area contributed by atoms with Gasteiger partial charge in [-0.25, -0.2) is 0 Å². The van der Waals surface area contributed by atoms with Crippen molar-refractivity contribution < 1.29 is 23.6 Å². The fraction of sp³-hybridized carbons (Fsp3) is 0.238. The Hall–Kier alpha value is -3.88. The summed E-state index contributed by atoms with van der Waals surface area (Å²) < 4.78 is 15.9. The van der Waals surface area contributed by atoms with E-state index < -0.39 is 11.9 Å². The van der Waals surface area contributed by atoms with E-state index in [0.29, 0.717) is 22.8 Å². The van der Waals surface area contributed by atoms with Gasteiger partial charge in [-0.3, -0.25) is 14.6 Å². The average Bonchev–Trinajstić information content (AvgIpc) is 3.28. The molecule has 0 aliphatic rings. The molecule has 30 heavy (non-hydrogen) atoms. The second-order valence-electron chi connectivity index (χ2n) is 6.38. The summed E-state index contributed by atoms with van der Waals surface area (Å²) in [6.45, 7) is 1.85. The van der Waals surface area contributed by atoms with Gasteiger partial charge in [0.25, 0.3) is 5.91 Å². The lowest BCUT2D eigenvalue weighted by Gasteiger charge is -2.13. The van der Waals surface area contributed by atoms with Gasteiger partial charge in [-0.05, 0) is 37.3 Å². The van der Waals surface area contributed by atoms with Gasteiger partial charge in [0.15, 0.2) is 11.5 Å². The van der Waals surface area contributed by atoms with Crippen molar-refractivity contribution in [2.24, 2.45) is 0 Å². The number of rotatable bonds is 8. The molecule has 1 aromatic carbocycles. The zero-order chi connectivity index (χ0) is 21.5. The van der Waals surface area contributed by atoms with E-state index >= 15 is 0 Å². The molecule has 2 N–H and O–H groups in total. The molecule has 2 aromatic heterocycles. The molecule has 2 heterocycles. The molecule has 0 fully saturated rings. The number of hydrogen-bond acceptors (Lipinski definition) is 7. The molecule has 3 rings (SSSR count). The highest BCUT2D eigenvalue weighted by atomic mass is 16.5. The van der Waals surface area contributed by atoms with Gasteiger partial charge in [-0.1, -0.05) is 11.2 Å². The second-order valence-corrected chi connectivity index (χ2v) is 6.38. The van der Waals surface area contributed by atoms with Crippen LogP contribution in [0.15, 0.2) is 53.2 Å². The van der Waals surface area contributed by atoms with E-state index in [1.807, 2.05) is 6.07 Å². The molecule has 1 atom stereocenters. The Labute approximate surface area is 173 Å². The van der Waals surface area contributed by atoms with E-state index in [4.69, 9.17) is 14.0 Å². The van der Waals surface area contributed by atoms with Crippen LogP contribution in [0.5, 0.6) is 11.5 Å². The van der Waals surface area contributed by atoms with Crippen molar-refractivity contribution in [1.29, 1.82) is 0 Å². The Balaban J connectivity index is 1.64. The van der Waals surface area contributed by atoms with Crippen LogP contribution in [-0.4, -0.2) is 42.2 Å². The van der Waals surface area contributed by atoms with Crippen LogP contribution in [0.1, 0.15) is 23.1 Å². The van der Waals surface area contributed by atoms with Crippen molar-refractivity contribution >= 4 is 11.8 Å². The summed E-state index contributed by atoms with van der Waals surface area (Å²) in [6.07, 6.45) is 1.65. The molecule has 0 saturated heterocycles. The Morgan fingerprint density at radius 3 is 2.67 bits per heavy atom. The minimum absolute atomic E-state index is 0.0410. The smallest absolute Gasteiger partial charge is 0.274 e. The Bertz CT molecular complexity index is 1020. The van der Waals surface area contributed by atoms with Crippen molar-refractivity contribution in [3.05, 3.63) is 60.0 Å². The summed E-state index contributed by atoms with van der Waals surface area (Å²) in [5.41, 5.74) is 1.35. The monoisotopic (exact) mass is 410 g/mol. The average molecular weight is 410 g/mol. The number of nitrogens with one attached hydrogen (secondary N) is 2. The molecule has 9 nitrogen and oxygen atoms in total. The fourth-order valence-electron chi connectivity index (χ4n) is 2.69. The van der Waals surface area contributed by atoms with E-state index in [0.717, 1.165) is 5.69 Å². The standard InChI is InChI=1S/C21H22N4O5/c1-13(20(26)23-12-14-6-4-5-9-22-14)24-21(27)17-11-19(30-25-17)16-10-15(28-2)7-8-18(16)29-3/h4-11,13H,12H2,1-3H3,(H,23,26)(H,24,27)/t13-/m1/s1. The molecular formula is C21H22N4O5. The Kier molecular flexibility index (Phi) is 6.63. The van der Waals surface area contributed by atoms with Gasteiger partial charge in [-0.2, -0.15) is 0 Å². The summed E-state index contributed by atoms with van der Waals surface area (Å²) in [7, 11) is 3.08. The number of nitrogens with zero attached hydrogens (tertiary/aromatic N) is 2. The first-order valence-electron chi connectivity index (χ1n) is 9.19. The SMILES string of the molecule is COc1ccc(OC)c(-c2cc(C(=O)N[C@H](C)C(=O)NCc3ccccn3)no2)c1. The predicted molar refractivity (Wildman–Crippen MR) is 108 cm³/mol. The largest absolute Gasteiger partial charge is 0.497 e. The molecule has 0 spiro atoms. The number of carbonyl (C=O) groups is 2. The first-order valence-corrected chi connectivity index (χ1v) is 9.19. The molecule has 9 heteroatoms. The fourth-order valence-corrected chi connectivity index (χ4v) is 2.69. The number of ether oxygens (including phenoxy) is 2. The van der Waals surface area contributed by atoms with Crippen molar-refractivity contribution in [1.82, 2.24) is 20.8 Å². The second kappa shape index (κ2) is 9.55. The van der Waals surface area contributed by atoms with Crippen LogP contribution in [-0.2, 0) is 11.3 Å². The predicted octanol–water partition coefficient (Wildman–Crippen LogP) is 2.19. The topological polar surface area (TPSA) is 116 Å². The highest BCUT2D eigenvalue weighted by Crippen LogP contribution is 2.33. The molecule has 0 saturated carbocycles. The van der Waals surface area contributed by atoms with Crippen molar-refractivity contribution in [3.8, 4) is 22.8 Å². The van der Waals surface area contributed by atoms with Gasteiger partial charge in [0, 0.05) is 12.3 Å². The third kappa shape index (κ3) is 4.93. The van der Waals surface area contributed by atoms with E-state index in [-0.39, 0.29) is 18.1 Å². The number of carbonyl (C=O) groups excluding carboxylic acids is 2. The van der Waals surface area contributed by atoms with Crippen molar-refractivity contribution in [3.63, 3.8) is 0 Å². The van der Waals surface area contributed by atoms with E-state index in [2.05, 4.69) is 20.8 Å². The van der Waals surface area contributed by atoms with Crippen LogP contribution >= 0.6 is 0 Å². The van der Waals surface area contributed by atoms with Crippen LogP contribution in [0.2, 0.25) is 0 Å². The zero-order valence-electron chi connectivity index (χ0n) is 16.8. The zero-order valence-corrected chi connectivity index (χ0v) is 16.8. The summed E-state index contributed by atoms with van der Waals surface area (Å²) in [4.78, 5) is 28.8. The Morgan fingerprint density at radius 2 is 1.97 bits per heavy atom. The van der Waals surface area contributed by atoms with Crippen LogP contribution in [0.25, 0.3) is 11.3 Å². The molecule has 0 radical (unpaired) electrons. The lowest BCUT2D eigenvalue weighted by Crippen LogP contribution is -2.44. The molecule has 156 valence electrons. The first-order chi connectivity index (χ1) is 14.5. The van der Waals surface area contributed by atoms with Gasteiger partial charge >= 0.3 is 0 Å². The summed E-state index contributed by atoms with van der Waals surface area (Å²) in [5.74, 6) is 0.607. The van der Waals surface area contributed by atoms with Crippen LogP contribution < -0.4 is 20.1 Å². The van der Waals surface area contributed by atoms with Gasteiger partial charge < -0.3 is 24.6 Å². The molecule has 2 amide bonds. The van der Waals surface area contributed by atoms with Gasteiger partial charge in [0.05, 0.1) is 32.0 Å². The minimum Gasteiger partial charge on any atom is -0.497 e. The molecule has 3 aromatic rings. The van der Waals surface area contributed by atoms with Crippen molar-refractivity contribution in [2.75, 3.05) is 14.2 Å². The van der Waals surface area contributed by atoms with Gasteiger partial charge in [0.1, 0.15) is 17.5 Å². The van der Waals surface area contributed by atoms with E-state index in [1.165, 1.54) is 13.2 Å². The van der Waals surface area contributed by atoms with E-state index in [1.54, 1.807) is 50.6 Å². The maximum absolute atomic E-state index is 12.5. The van der Waals surface area contributed by atoms with Crippen molar-refractivity contribution in [2.45, 2.75) is 19.5 Å².